The van der Waals surface area contributed by atoms with E-state index in [9.17, 15) is 28.5 Å². The van der Waals surface area contributed by atoms with Crippen LogP contribution in [0.2, 0.25) is 0 Å². The Bertz CT molecular complexity index is 806. The summed E-state index contributed by atoms with van der Waals surface area (Å²) in [5.41, 5.74) is 1.44. The van der Waals surface area contributed by atoms with Crippen LogP contribution in [0.5, 0.6) is 0 Å². The number of alkyl halides is 3. The van der Waals surface area contributed by atoms with Crippen molar-refractivity contribution >= 4 is 12.1 Å². The molecule has 1 aromatic heterocycles. The minimum atomic E-state index is -4.74. The molecule has 5 atom stereocenters. The molecule has 7 nitrogen and oxygen atoms in total. The normalized spacial score (nSPS) is 30.8. The van der Waals surface area contributed by atoms with Gasteiger partial charge in [0.05, 0.1) is 12.1 Å². The van der Waals surface area contributed by atoms with Crippen LogP contribution in [-0.4, -0.2) is 56.4 Å². The van der Waals surface area contributed by atoms with Gasteiger partial charge in [0, 0.05) is 41.9 Å². The van der Waals surface area contributed by atoms with Crippen LogP contribution in [0.1, 0.15) is 23.7 Å². The summed E-state index contributed by atoms with van der Waals surface area (Å²) in [6.07, 6.45) is -5.35. The molecule has 1 aromatic rings. The van der Waals surface area contributed by atoms with Crippen LogP contribution in [0.3, 0.4) is 0 Å². The fourth-order valence-corrected chi connectivity index (χ4v) is 3.50. The van der Waals surface area contributed by atoms with Crippen LogP contribution in [0.4, 0.5) is 13.2 Å². The summed E-state index contributed by atoms with van der Waals surface area (Å²) < 4.78 is 38.3. The monoisotopic (exact) mass is 370 g/mol. The average molecular weight is 370 g/mol. The third kappa shape index (κ3) is 3.33. The second kappa shape index (κ2) is 6.75. The van der Waals surface area contributed by atoms with Crippen molar-refractivity contribution in [1.82, 2.24) is 4.57 Å². The zero-order valence-corrected chi connectivity index (χ0v) is 13.4. The zero-order valence-electron chi connectivity index (χ0n) is 13.4. The summed E-state index contributed by atoms with van der Waals surface area (Å²) in [7, 11) is 0. The predicted octanol–water partition coefficient (Wildman–Crippen LogP) is -0.0553. The fraction of sp³-hybridized carbons (Fsp3) is 0.500. The molecule has 0 saturated heterocycles. The lowest BCUT2D eigenvalue weighted by Crippen LogP contribution is -2.34. The molecule has 2 heterocycles. The maximum absolute atomic E-state index is 12.2. The zero-order chi connectivity index (χ0) is 19.1. The number of aromatic nitrogens is 1. The van der Waals surface area contributed by atoms with E-state index in [1.54, 1.807) is 29.0 Å². The second-order valence-electron chi connectivity index (χ2n) is 6.21. The van der Waals surface area contributed by atoms with Crippen molar-refractivity contribution in [3.8, 4) is 11.8 Å². The van der Waals surface area contributed by atoms with E-state index in [1.807, 2.05) is 0 Å². The Morgan fingerprint density at radius 3 is 2.73 bits per heavy atom. The molecule has 0 bridgehead atoms. The van der Waals surface area contributed by atoms with Crippen molar-refractivity contribution in [2.24, 2.45) is 21.9 Å². The Kier molecular flexibility index (Phi) is 4.79. The number of hydrogen-bond donors (Lipinski definition) is 4. The summed E-state index contributed by atoms with van der Waals surface area (Å²) in [6, 6.07) is 1.08. The van der Waals surface area contributed by atoms with E-state index in [0.29, 0.717) is 17.8 Å². The van der Waals surface area contributed by atoms with Gasteiger partial charge in [0.25, 0.3) is 0 Å². The van der Waals surface area contributed by atoms with Crippen LogP contribution in [0.25, 0.3) is 0 Å². The van der Waals surface area contributed by atoms with Crippen LogP contribution < -0.4 is 5.84 Å². The molecular formula is C16H17F3N4O3. The molecule has 3 rings (SSSR count). The van der Waals surface area contributed by atoms with Gasteiger partial charge in [-0.1, -0.05) is 5.92 Å². The Balaban J connectivity index is 1.85. The highest BCUT2D eigenvalue weighted by Crippen LogP contribution is 2.39. The first-order chi connectivity index (χ1) is 12.2. The Hall–Kier alpha value is -2.35. The van der Waals surface area contributed by atoms with Crippen LogP contribution in [-0.2, 0) is 6.42 Å². The van der Waals surface area contributed by atoms with Gasteiger partial charge in [0.1, 0.15) is 12.2 Å². The number of amidine groups is 1. The van der Waals surface area contributed by atoms with E-state index in [1.165, 1.54) is 0 Å². The van der Waals surface area contributed by atoms with E-state index < -0.39 is 36.4 Å². The lowest BCUT2D eigenvalue weighted by Gasteiger charge is -2.22. The van der Waals surface area contributed by atoms with Crippen LogP contribution >= 0.6 is 0 Å². The minimum absolute atomic E-state index is 0.0589. The molecule has 26 heavy (non-hydrogen) atoms. The van der Waals surface area contributed by atoms with E-state index in [4.69, 9.17) is 5.84 Å². The van der Waals surface area contributed by atoms with Gasteiger partial charge in [0.2, 0.25) is 0 Å². The Morgan fingerprint density at radius 2 is 2.08 bits per heavy atom. The highest BCUT2D eigenvalue weighted by Gasteiger charge is 2.46. The smallest absolute Gasteiger partial charge is 0.390 e. The van der Waals surface area contributed by atoms with Gasteiger partial charge >= 0.3 is 6.18 Å². The highest BCUT2D eigenvalue weighted by molar-refractivity contribution is 6.06. The van der Waals surface area contributed by atoms with Crippen molar-refractivity contribution < 1.29 is 28.5 Å². The molecule has 1 saturated carbocycles. The van der Waals surface area contributed by atoms with Crippen molar-refractivity contribution in [3.05, 3.63) is 23.5 Å². The first-order valence-corrected chi connectivity index (χ1v) is 7.87. The van der Waals surface area contributed by atoms with Crippen molar-refractivity contribution in [2.45, 2.75) is 43.4 Å². The molecule has 0 spiro atoms. The average Bonchev–Trinajstić information content (AvgIpc) is 3.14. The Labute approximate surface area is 146 Å². The number of nitrogens with two attached hydrogens (primary N) is 1. The molecule has 5 N–H and O–H groups in total. The SMILES string of the molecule is N/N=C1/N=CCc2c1ccn2[C@@H]1C[C@H]([C@H](O)C#CC(F)(F)F)[C@@H](O)[C@H]1O. The van der Waals surface area contributed by atoms with Gasteiger partial charge in [0.15, 0.2) is 5.84 Å². The number of nitrogens with zero attached hydrogens (tertiary/aromatic N) is 3. The molecular weight excluding hydrogens is 353 g/mol. The van der Waals surface area contributed by atoms with Gasteiger partial charge in [-0.3, -0.25) is 0 Å². The Morgan fingerprint density at radius 1 is 1.35 bits per heavy atom. The third-order valence-corrected chi connectivity index (χ3v) is 4.71. The molecule has 0 amide bonds. The topological polar surface area (TPSA) is 116 Å². The molecule has 1 fully saturated rings. The van der Waals surface area contributed by atoms with E-state index in [-0.39, 0.29) is 6.42 Å². The molecule has 0 aromatic carbocycles. The minimum Gasteiger partial charge on any atom is -0.390 e. The molecule has 0 radical (unpaired) electrons. The maximum atomic E-state index is 12.2. The fourth-order valence-electron chi connectivity index (χ4n) is 3.50. The van der Waals surface area contributed by atoms with Gasteiger partial charge in [-0.25, -0.2) is 4.99 Å². The molecule has 140 valence electrons. The summed E-state index contributed by atoms with van der Waals surface area (Å²) in [5, 5.41) is 34.1. The number of hydrazone groups is 1. The number of hydrogen-bond acceptors (Lipinski definition) is 5. The van der Waals surface area contributed by atoms with Crippen molar-refractivity contribution in [2.75, 3.05) is 0 Å². The van der Waals surface area contributed by atoms with Crippen LogP contribution in [0.15, 0.2) is 22.4 Å². The number of aliphatic hydroxyl groups excluding tert-OH is 3. The quantitative estimate of drug-likeness (QED) is 0.332. The number of halogens is 3. The van der Waals surface area contributed by atoms with Gasteiger partial charge in [-0.2, -0.15) is 18.3 Å². The van der Waals surface area contributed by atoms with Crippen LogP contribution in [0, 0.1) is 17.8 Å². The molecule has 0 unspecified atom stereocenters. The van der Waals surface area contributed by atoms with Crippen molar-refractivity contribution in [3.63, 3.8) is 0 Å². The molecule has 1 aliphatic heterocycles. The third-order valence-electron chi connectivity index (χ3n) is 4.71. The lowest BCUT2D eigenvalue weighted by atomic mass is 9.98. The molecule has 10 heteroatoms. The maximum Gasteiger partial charge on any atom is 0.457 e. The molecule has 2 aliphatic rings. The van der Waals surface area contributed by atoms with E-state index >= 15 is 0 Å². The van der Waals surface area contributed by atoms with Gasteiger partial charge in [-0.15, -0.1) is 0 Å². The van der Waals surface area contributed by atoms with Crippen molar-refractivity contribution in [1.29, 1.82) is 0 Å². The summed E-state index contributed by atoms with van der Waals surface area (Å²) >= 11 is 0. The number of aliphatic imine (C=N–C) groups is 1. The van der Waals surface area contributed by atoms with E-state index in [2.05, 4.69) is 10.1 Å². The number of fused-ring (bicyclic) bond motifs is 1. The number of aliphatic hydroxyl groups is 3. The first kappa shape index (κ1) is 18.4. The highest BCUT2D eigenvalue weighted by atomic mass is 19.4. The largest absolute Gasteiger partial charge is 0.457 e. The summed E-state index contributed by atoms with van der Waals surface area (Å²) in [5.74, 6) is 7.31. The lowest BCUT2D eigenvalue weighted by molar-refractivity contribution is -0.0703. The summed E-state index contributed by atoms with van der Waals surface area (Å²) in [4.78, 5) is 4.06. The predicted molar refractivity (Wildman–Crippen MR) is 86.3 cm³/mol. The van der Waals surface area contributed by atoms with Gasteiger partial charge in [-0.05, 0) is 12.5 Å². The number of rotatable bonds is 2. The summed E-state index contributed by atoms with van der Waals surface area (Å²) in [6.45, 7) is 0. The second-order valence-corrected chi connectivity index (χ2v) is 6.21. The van der Waals surface area contributed by atoms with Gasteiger partial charge < -0.3 is 25.7 Å². The standard InChI is InChI=1S/C16H17F3N4O3/c17-16(18,19)4-1-12(24)9-7-11(14(26)13(9)25)23-6-3-8-10(23)2-5-21-15(8)22-20/h3,5-6,9,11-14,24-26H,2,7,20H2/b22-15+/t9-,11-,12-,13-,14+/m1/s1. The first-order valence-electron chi connectivity index (χ1n) is 7.87. The molecule has 1 aliphatic carbocycles. The van der Waals surface area contributed by atoms with E-state index in [0.717, 1.165) is 11.6 Å².